The van der Waals surface area contributed by atoms with Crippen LogP contribution in [0.5, 0.6) is 0 Å². The van der Waals surface area contributed by atoms with Crippen molar-refractivity contribution in [2.24, 2.45) is 5.92 Å². The third-order valence-electron chi connectivity index (χ3n) is 4.98. The quantitative estimate of drug-likeness (QED) is 0.834. The molecule has 0 spiro atoms. The average molecular weight is 393 g/mol. The monoisotopic (exact) mass is 392 g/mol. The van der Waals surface area contributed by atoms with Gasteiger partial charge in [0.2, 0.25) is 11.8 Å². The third-order valence-corrected chi connectivity index (χ3v) is 7.12. The summed E-state index contributed by atoms with van der Waals surface area (Å²) in [7, 11) is -3.62. The Kier molecular flexibility index (Phi) is 5.10. The summed E-state index contributed by atoms with van der Waals surface area (Å²) in [5.41, 5.74) is 1.31. The van der Waals surface area contributed by atoms with Gasteiger partial charge in [-0.1, -0.05) is 0 Å². The number of rotatable bonds is 5. The lowest BCUT2D eigenvalue weighted by molar-refractivity contribution is -0.122. The van der Waals surface area contributed by atoms with Crippen LogP contribution >= 0.6 is 0 Å². The zero-order valence-corrected chi connectivity index (χ0v) is 17.2. The van der Waals surface area contributed by atoms with Gasteiger partial charge < -0.3 is 10.2 Å². The van der Waals surface area contributed by atoms with Crippen LogP contribution in [0.1, 0.15) is 52.5 Å². The Balaban J connectivity index is 1.76. The maximum atomic E-state index is 12.9. The Bertz CT molecular complexity index is 866. The molecule has 2 amide bonds. The van der Waals surface area contributed by atoms with Gasteiger partial charge in [0.05, 0.1) is 10.1 Å². The van der Waals surface area contributed by atoms with Crippen LogP contribution in [0.15, 0.2) is 23.1 Å². The van der Waals surface area contributed by atoms with Crippen LogP contribution in [0, 0.1) is 5.92 Å². The van der Waals surface area contributed by atoms with E-state index in [1.54, 1.807) is 30.0 Å². The number of carbonyl (C=O) groups excluding carboxylic acids is 2. The number of nitrogens with one attached hydrogen (secondary N) is 1. The topological polar surface area (TPSA) is 83.6 Å². The number of nitrogens with zero attached hydrogens (tertiary/aromatic N) is 1. The first-order valence-electron chi connectivity index (χ1n) is 9.48. The van der Waals surface area contributed by atoms with Crippen molar-refractivity contribution in [3.63, 3.8) is 0 Å². The van der Waals surface area contributed by atoms with E-state index in [4.69, 9.17) is 0 Å². The fraction of sp³-hybridized carbons (Fsp3) is 0.600. The fourth-order valence-electron chi connectivity index (χ4n) is 3.41. The van der Waals surface area contributed by atoms with Crippen molar-refractivity contribution in [3.8, 4) is 0 Å². The summed E-state index contributed by atoms with van der Waals surface area (Å²) < 4.78 is 25.8. The van der Waals surface area contributed by atoms with Crippen LogP contribution in [0.4, 0.5) is 5.69 Å². The number of hydrogen-bond donors (Lipinski definition) is 1. The molecule has 1 aliphatic carbocycles. The average Bonchev–Trinajstić information content (AvgIpc) is 3.31. The Labute approximate surface area is 161 Å². The van der Waals surface area contributed by atoms with E-state index >= 15 is 0 Å². The minimum absolute atomic E-state index is 0.0804. The van der Waals surface area contributed by atoms with Crippen molar-refractivity contribution in [1.29, 1.82) is 0 Å². The SMILES string of the molecule is C[C@H](CC(=O)NC(C)(C)C)S(=O)(=O)c1ccc2c(c1)CCN2C(=O)C1CC1. The summed E-state index contributed by atoms with van der Waals surface area (Å²) in [6, 6.07) is 4.96. The molecule has 1 atom stereocenters. The van der Waals surface area contributed by atoms with Gasteiger partial charge in [-0.25, -0.2) is 8.42 Å². The zero-order chi connectivity index (χ0) is 20.0. The molecule has 3 rings (SSSR count). The van der Waals surface area contributed by atoms with Crippen molar-refractivity contribution >= 4 is 27.3 Å². The molecule has 2 aliphatic rings. The number of amides is 2. The highest BCUT2D eigenvalue weighted by Gasteiger charge is 2.37. The predicted molar refractivity (Wildman–Crippen MR) is 104 cm³/mol. The molecule has 27 heavy (non-hydrogen) atoms. The number of anilines is 1. The van der Waals surface area contributed by atoms with Crippen LogP contribution in [-0.2, 0) is 25.8 Å². The first-order chi connectivity index (χ1) is 12.5. The van der Waals surface area contributed by atoms with E-state index < -0.39 is 20.6 Å². The summed E-state index contributed by atoms with van der Waals surface area (Å²) in [6.07, 6.45) is 2.48. The molecule has 0 aromatic heterocycles. The van der Waals surface area contributed by atoms with Gasteiger partial charge in [0.1, 0.15) is 0 Å². The third kappa shape index (κ3) is 4.34. The molecule has 1 aliphatic heterocycles. The highest BCUT2D eigenvalue weighted by molar-refractivity contribution is 7.92. The highest BCUT2D eigenvalue weighted by Crippen LogP contribution is 2.37. The molecule has 1 N–H and O–H groups in total. The zero-order valence-electron chi connectivity index (χ0n) is 16.4. The van der Waals surface area contributed by atoms with E-state index in [0.29, 0.717) is 13.0 Å². The second kappa shape index (κ2) is 6.93. The number of sulfone groups is 1. The fourth-order valence-corrected chi connectivity index (χ4v) is 4.81. The molecule has 1 saturated carbocycles. The number of hydrogen-bond acceptors (Lipinski definition) is 4. The molecule has 0 radical (unpaired) electrons. The van der Waals surface area contributed by atoms with Crippen molar-refractivity contribution in [2.75, 3.05) is 11.4 Å². The van der Waals surface area contributed by atoms with Gasteiger partial charge in [0, 0.05) is 30.1 Å². The van der Waals surface area contributed by atoms with Crippen LogP contribution in [0.25, 0.3) is 0 Å². The lowest BCUT2D eigenvalue weighted by Crippen LogP contribution is -2.42. The van der Waals surface area contributed by atoms with Gasteiger partial charge in [-0.2, -0.15) is 0 Å². The molecular formula is C20H28N2O4S. The molecule has 0 saturated heterocycles. The first kappa shape index (κ1) is 19.9. The minimum atomic E-state index is -3.62. The normalized spacial score (nSPS) is 18.1. The highest BCUT2D eigenvalue weighted by atomic mass is 32.2. The van der Waals surface area contributed by atoms with Gasteiger partial charge in [-0.15, -0.1) is 0 Å². The minimum Gasteiger partial charge on any atom is -0.351 e. The molecule has 1 heterocycles. The maximum Gasteiger partial charge on any atom is 0.230 e. The van der Waals surface area contributed by atoms with E-state index in [9.17, 15) is 18.0 Å². The molecule has 1 aromatic carbocycles. The van der Waals surface area contributed by atoms with E-state index in [0.717, 1.165) is 24.1 Å². The molecule has 1 fully saturated rings. The van der Waals surface area contributed by atoms with Crippen molar-refractivity contribution in [2.45, 2.75) is 69.1 Å². The molecule has 0 unspecified atom stereocenters. The summed E-state index contributed by atoms with van der Waals surface area (Å²) in [4.78, 5) is 26.5. The van der Waals surface area contributed by atoms with Crippen LogP contribution < -0.4 is 10.2 Å². The Morgan fingerprint density at radius 3 is 2.52 bits per heavy atom. The van der Waals surface area contributed by atoms with Crippen molar-refractivity contribution < 1.29 is 18.0 Å². The number of fused-ring (bicyclic) bond motifs is 1. The van der Waals surface area contributed by atoms with Crippen LogP contribution in [0.2, 0.25) is 0 Å². The second-order valence-corrected chi connectivity index (χ2v) is 11.0. The standard InChI is InChI=1S/C20H28N2O4S/c1-13(11-18(23)21-20(2,3)4)27(25,26)16-7-8-17-15(12-16)9-10-22(17)19(24)14-5-6-14/h7-8,12-14H,5-6,9-11H2,1-4H3,(H,21,23)/t13-/m1/s1. The largest absolute Gasteiger partial charge is 0.351 e. The number of carbonyl (C=O) groups is 2. The smallest absolute Gasteiger partial charge is 0.230 e. The van der Waals surface area contributed by atoms with Gasteiger partial charge in [0.15, 0.2) is 9.84 Å². The summed E-state index contributed by atoms with van der Waals surface area (Å²) in [5, 5.41) is 1.99. The lowest BCUT2D eigenvalue weighted by Gasteiger charge is -2.22. The van der Waals surface area contributed by atoms with E-state index in [-0.39, 0.29) is 29.0 Å². The van der Waals surface area contributed by atoms with Crippen molar-refractivity contribution in [1.82, 2.24) is 5.32 Å². The van der Waals surface area contributed by atoms with Crippen molar-refractivity contribution in [3.05, 3.63) is 23.8 Å². The lowest BCUT2D eigenvalue weighted by atomic mass is 10.1. The van der Waals surface area contributed by atoms with Gasteiger partial charge in [0.25, 0.3) is 0 Å². The molecule has 6 nitrogen and oxygen atoms in total. The first-order valence-corrected chi connectivity index (χ1v) is 11.0. The van der Waals surface area contributed by atoms with Crippen LogP contribution in [-0.4, -0.2) is 37.6 Å². The molecule has 0 bridgehead atoms. The molecule has 1 aromatic rings. The van der Waals surface area contributed by atoms with E-state index in [1.807, 2.05) is 20.8 Å². The Morgan fingerprint density at radius 1 is 1.26 bits per heavy atom. The van der Waals surface area contributed by atoms with E-state index in [1.165, 1.54) is 0 Å². The van der Waals surface area contributed by atoms with E-state index in [2.05, 4.69) is 5.32 Å². The molecule has 148 valence electrons. The summed E-state index contributed by atoms with van der Waals surface area (Å²) >= 11 is 0. The predicted octanol–water partition coefficient (Wildman–Crippen LogP) is 2.45. The summed E-state index contributed by atoms with van der Waals surface area (Å²) in [5.74, 6) is 0.0122. The van der Waals surface area contributed by atoms with Crippen LogP contribution in [0.3, 0.4) is 0 Å². The molecular weight excluding hydrogens is 364 g/mol. The van der Waals surface area contributed by atoms with Gasteiger partial charge in [-0.3, -0.25) is 9.59 Å². The molecule has 7 heteroatoms. The second-order valence-electron chi connectivity index (χ2n) is 8.66. The van der Waals surface area contributed by atoms with Gasteiger partial charge in [-0.05, 0) is 70.7 Å². The van der Waals surface area contributed by atoms with Gasteiger partial charge >= 0.3 is 0 Å². The summed E-state index contributed by atoms with van der Waals surface area (Å²) in [6.45, 7) is 7.75. The Morgan fingerprint density at radius 2 is 1.93 bits per heavy atom. The number of benzene rings is 1. The Hall–Kier alpha value is -1.89. The maximum absolute atomic E-state index is 12.9.